The highest BCUT2D eigenvalue weighted by atomic mass is 32.2. The van der Waals surface area contributed by atoms with Crippen molar-refractivity contribution < 1.29 is 41.3 Å². The van der Waals surface area contributed by atoms with E-state index in [4.69, 9.17) is 21.5 Å². The van der Waals surface area contributed by atoms with Crippen LogP contribution in [-0.4, -0.2) is 88.5 Å². The Morgan fingerprint density at radius 2 is 1.74 bits per heavy atom. The van der Waals surface area contributed by atoms with Crippen molar-refractivity contribution in [1.29, 1.82) is 0 Å². The molecular weight excluding hydrogens is 613 g/mol. The summed E-state index contributed by atoms with van der Waals surface area (Å²) >= 11 is 0. The summed E-state index contributed by atoms with van der Waals surface area (Å²) in [6.45, 7) is 6.97. The van der Waals surface area contributed by atoms with E-state index >= 15 is 0 Å². The van der Waals surface area contributed by atoms with Crippen LogP contribution in [0, 0.1) is 16.7 Å². The molecule has 6 atom stereocenters. The second-order valence-corrected chi connectivity index (χ2v) is 16.0. The number of nitrogens with one attached hydrogen (secondary N) is 2. The van der Waals surface area contributed by atoms with Gasteiger partial charge in [-0.3, -0.25) is 13.8 Å². The van der Waals surface area contributed by atoms with Crippen LogP contribution in [0.2, 0.25) is 0 Å². The number of carbonyl (C=O) groups is 4. The molecule has 1 aromatic rings. The number of rotatable bonds is 10. The highest BCUT2D eigenvalue weighted by molar-refractivity contribution is 7.86. The number of carbonyl (C=O) groups excluding carboxylic acids is 4. The molecule has 1 saturated heterocycles. The largest absolute Gasteiger partial charge is 0.467 e. The standard InChI is InChI=1S/C32H44BN3O9S/c1-6-19-16-32(19,28(39)43-5)35-26(37)24-15-22(45-46(41,42)23-9-7-20(33)8-10-23)18-36(24)27(38)25(30(2,3)4)34-29(40)44-21-11-12-31(17-21)13-14-31/h7-10,19,21-22,24-25H,6,11-18H2,1-5H3,(H,34,40)(H,35,37)/t19-,21+,22+,24+,25-,32-/m1/s1. The van der Waals surface area contributed by atoms with Gasteiger partial charge < -0.3 is 25.0 Å². The molecule has 0 bridgehead atoms. The molecule has 250 valence electrons. The van der Waals surface area contributed by atoms with Gasteiger partial charge in [-0.15, -0.1) is 0 Å². The third-order valence-electron chi connectivity index (χ3n) is 10.0. The van der Waals surface area contributed by atoms with Crippen molar-refractivity contribution >= 4 is 47.3 Å². The molecule has 1 aromatic carbocycles. The first-order valence-electron chi connectivity index (χ1n) is 16.0. The molecule has 1 heterocycles. The molecule has 12 nitrogen and oxygen atoms in total. The summed E-state index contributed by atoms with van der Waals surface area (Å²) in [6.07, 6.45) is 3.70. The SMILES string of the molecule is [B]c1ccc(S(=O)(=O)O[C@H]2C[C@@H](C(=O)N[C@]3(C(=O)OC)C[C@H]3CC)N(C(=O)[C@@H](NC(=O)O[C@H]3CCC4(CC4)C3)C(C)(C)C)C2)cc1. The number of benzene rings is 1. The molecule has 4 aliphatic rings. The van der Waals surface area contributed by atoms with Crippen molar-refractivity contribution in [2.24, 2.45) is 16.7 Å². The predicted octanol–water partition coefficient (Wildman–Crippen LogP) is 2.09. The summed E-state index contributed by atoms with van der Waals surface area (Å²) < 4.78 is 42.6. The van der Waals surface area contributed by atoms with E-state index in [1.165, 1.54) is 36.3 Å². The quantitative estimate of drug-likeness (QED) is 0.219. The van der Waals surface area contributed by atoms with E-state index in [9.17, 15) is 27.6 Å². The molecule has 2 radical (unpaired) electrons. The summed E-state index contributed by atoms with van der Waals surface area (Å²) in [6, 6.07) is 3.18. The maximum atomic E-state index is 14.3. The van der Waals surface area contributed by atoms with Crippen LogP contribution < -0.4 is 16.1 Å². The Morgan fingerprint density at radius 1 is 1.07 bits per heavy atom. The minimum atomic E-state index is -4.29. The molecule has 5 rings (SSSR count). The monoisotopic (exact) mass is 657 g/mol. The zero-order valence-corrected chi connectivity index (χ0v) is 28.0. The molecule has 3 aliphatic carbocycles. The average molecular weight is 658 g/mol. The summed E-state index contributed by atoms with van der Waals surface area (Å²) in [5.41, 5.74) is -1.37. The fourth-order valence-electron chi connectivity index (χ4n) is 6.99. The number of amides is 3. The maximum absolute atomic E-state index is 14.3. The number of alkyl carbamates (subject to hydrolysis) is 1. The van der Waals surface area contributed by atoms with Crippen LogP contribution >= 0.6 is 0 Å². The normalized spacial score (nSPS) is 28.8. The molecule has 3 amide bonds. The average Bonchev–Trinajstić information content (AvgIpc) is 3.81. The summed E-state index contributed by atoms with van der Waals surface area (Å²) in [4.78, 5) is 55.0. The smallest absolute Gasteiger partial charge is 0.408 e. The first kappa shape index (κ1) is 34.2. The van der Waals surface area contributed by atoms with E-state index in [0.717, 1.165) is 32.1 Å². The van der Waals surface area contributed by atoms with Crippen molar-refractivity contribution in [1.82, 2.24) is 15.5 Å². The molecular formula is C32H44BN3O9S. The highest BCUT2D eigenvalue weighted by Gasteiger charge is 2.62. The van der Waals surface area contributed by atoms with Crippen LogP contribution in [0.3, 0.4) is 0 Å². The molecule has 46 heavy (non-hydrogen) atoms. The number of nitrogens with zero attached hydrogens (tertiary/aromatic N) is 1. The fraction of sp³-hybridized carbons (Fsp3) is 0.688. The molecule has 0 aromatic heterocycles. The molecule has 1 aliphatic heterocycles. The van der Waals surface area contributed by atoms with Gasteiger partial charge in [0.2, 0.25) is 11.8 Å². The van der Waals surface area contributed by atoms with Crippen LogP contribution in [0.4, 0.5) is 4.79 Å². The number of hydrogen-bond acceptors (Lipinski definition) is 9. The number of ether oxygens (including phenoxy) is 2. The van der Waals surface area contributed by atoms with Gasteiger partial charge in [-0.25, -0.2) is 9.59 Å². The van der Waals surface area contributed by atoms with Gasteiger partial charge in [0.25, 0.3) is 10.1 Å². The van der Waals surface area contributed by atoms with Gasteiger partial charge in [-0.1, -0.05) is 51.7 Å². The molecule has 4 fully saturated rings. The van der Waals surface area contributed by atoms with Crippen LogP contribution in [-0.2, 0) is 38.2 Å². The second-order valence-electron chi connectivity index (χ2n) is 14.5. The van der Waals surface area contributed by atoms with Crippen molar-refractivity contribution in [3.8, 4) is 0 Å². The minimum Gasteiger partial charge on any atom is -0.467 e. The van der Waals surface area contributed by atoms with E-state index in [2.05, 4.69) is 10.6 Å². The predicted molar refractivity (Wildman–Crippen MR) is 167 cm³/mol. The topological polar surface area (TPSA) is 157 Å². The second kappa shape index (κ2) is 12.5. The van der Waals surface area contributed by atoms with E-state index in [1.807, 2.05) is 6.92 Å². The van der Waals surface area contributed by atoms with Crippen LogP contribution in [0.5, 0.6) is 0 Å². The minimum absolute atomic E-state index is 0.127. The van der Waals surface area contributed by atoms with Crippen LogP contribution in [0.1, 0.15) is 79.1 Å². The Bertz CT molecular complexity index is 1470. The zero-order chi connectivity index (χ0) is 33.7. The van der Waals surface area contributed by atoms with Gasteiger partial charge in [0.05, 0.1) is 18.1 Å². The van der Waals surface area contributed by atoms with Gasteiger partial charge >= 0.3 is 12.1 Å². The zero-order valence-electron chi connectivity index (χ0n) is 27.2. The van der Waals surface area contributed by atoms with E-state index < -0.39 is 63.1 Å². The lowest BCUT2D eigenvalue weighted by Crippen LogP contribution is -2.59. The first-order chi connectivity index (χ1) is 21.5. The van der Waals surface area contributed by atoms with Crippen molar-refractivity contribution in [2.75, 3.05) is 13.7 Å². The molecule has 3 saturated carbocycles. The third kappa shape index (κ3) is 7.07. The highest BCUT2D eigenvalue weighted by Crippen LogP contribution is 2.58. The lowest BCUT2D eigenvalue weighted by Gasteiger charge is -2.35. The van der Waals surface area contributed by atoms with Gasteiger partial charge in [0.15, 0.2) is 0 Å². The number of methoxy groups -OCH3 is 1. The number of likely N-dealkylation sites (tertiary alicyclic amines) is 1. The van der Waals surface area contributed by atoms with Crippen LogP contribution in [0.25, 0.3) is 0 Å². The van der Waals surface area contributed by atoms with E-state index in [0.29, 0.717) is 23.7 Å². The Labute approximate surface area is 272 Å². The first-order valence-corrected chi connectivity index (χ1v) is 17.4. The third-order valence-corrected chi connectivity index (χ3v) is 11.4. The molecule has 14 heteroatoms. The van der Waals surface area contributed by atoms with E-state index in [1.54, 1.807) is 20.8 Å². The van der Waals surface area contributed by atoms with E-state index in [-0.39, 0.29) is 29.9 Å². The Hall–Kier alpha value is -3.13. The Morgan fingerprint density at radius 3 is 2.28 bits per heavy atom. The van der Waals surface area contributed by atoms with Gasteiger partial charge in [-0.05, 0) is 67.4 Å². The number of esters is 1. The summed E-state index contributed by atoms with van der Waals surface area (Å²) in [5, 5.41) is 5.55. The maximum Gasteiger partial charge on any atom is 0.408 e. The van der Waals surface area contributed by atoms with Crippen LogP contribution in [0.15, 0.2) is 29.2 Å². The number of hydrogen-bond donors (Lipinski definition) is 2. The van der Waals surface area contributed by atoms with Crippen molar-refractivity contribution in [3.63, 3.8) is 0 Å². The molecule has 0 unspecified atom stereocenters. The lowest BCUT2D eigenvalue weighted by atomic mass is 9.85. The van der Waals surface area contributed by atoms with Crippen molar-refractivity contribution in [2.45, 2.75) is 114 Å². The summed E-state index contributed by atoms with van der Waals surface area (Å²) in [5.74, 6) is -1.96. The molecule has 1 spiro atoms. The van der Waals surface area contributed by atoms with Gasteiger partial charge in [-0.2, -0.15) is 8.42 Å². The fourth-order valence-corrected chi connectivity index (χ4v) is 8.07. The van der Waals surface area contributed by atoms with Crippen molar-refractivity contribution in [3.05, 3.63) is 24.3 Å². The Balaban J connectivity index is 1.37. The summed E-state index contributed by atoms with van der Waals surface area (Å²) in [7, 11) is 2.66. The lowest BCUT2D eigenvalue weighted by molar-refractivity contribution is -0.148. The Kier molecular flexibility index (Phi) is 9.28. The molecule has 2 N–H and O–H groups in total. The van der Waals surface area contributed by atoms with Gasteiger partial charge in [0.1, 0.15) is 31.6 Å². The van der Waals surface area contributed by atoms with Gasteiger partial charge in [0, 0.05) is 13.0 Å².